The minimum Gasteiger partial charge on any atom is -0.298 e. The third-order valence-corrected chi connectivity index (χ3v) is 8.72. The first-order valence-electron chi connectivity index (χ1n) is 11.1. The van der Waals surface area contributed by atoms with E-state index in [2.05, 4.69) is 50.1 Å². The lowest BCUT2D eigenvalue weighted by Gasteiger charge is -2.34. The maximum atomic E-state index is 13.0. The number of sulfonamides is 1. The molecule has 6 nitrogen and oxygen atoms in total. The highest BCUT2D eigenvalue weighted by atomic mass is 32.2. The molecule has 2 heterocycles. The van der Waals surface area contributed by atoms with Gasteiger partial charge in [0.25, 0.3) is 5.91 Å². The largest absolute Gasteiger partial charge is 0.298 e. The van der Waals surface area contributed by atoms with E-state index in [1.54, 1.807) is 16.4 Å². The number of nitrogens with zero attached hydrogens (tertiary/aromatic N) is 2. The molecular formula is C25H29N3O3S2. The van der Waals surface area contributed by atoms with Crippen molar-refractivity contribution in [3.63, 3.8) is 0 Å². The number of thiazole rings is 1. The van der Waals surface area contributed by atoms with Gasteiger partial charge in [-0.05, 0) is 73.6 Å². The predicted octanol–water partition coefficient (Wildman–Crippen LogP) is 5.35. The van der Waals surface area contributed by atoms with Crippen molar-refractivity contribution in [2.24, 2.45) is 11.8 Å². The molecule has 174 valence electrons. The number of benzene rings is 2. The highest BCUT2D eigenvalue weighted by Gasteiger charge is 2.31. The molecule has 33 heavy (non-hydrogen) atoms. The van der Waals surface area contributed by atoms with Gasteiger partial charge in [0, 0.05) is 29.6 Å². The van der Waals surface area contributed by atoms with Crippen molar-refractivity contribution in [1.29, 1.82) is 0 Å². The van der Waals surface area contributed by atoms with Crippen molar-refractivity contribution in [3.8, 4) is 11.3 Å². The number of hydrogen-bond donors (Lipinski definition) is 1. The highest BCUT2D eigenvalue weighted by Crippen LogP contribution is 2.28. The number of piperidine rings is 1. The van der Waals surface area contributed by atoms with Gasteiger partial charge < -0.3 is 0 Å². The van der Waals surface area contributed by atoms with Crippen molar-refractivity contribution in [2.45, 2.75) is 39.0 Å². The van der Waals surface area contributed by atoms with Crippen LogP contribution in [0.2, 0.25) is 0 Å². The van der Waals surface area contributed by atoms with Crippen LogP contribution in [-0.2, 0) is 10.0 Å². The second-order valence-corrected chi connectivity index (χ2v) is 11.9. The van der Waals surface area contributed by atoms with Crippen LogP contribution >= 0.6 is 11.3 Å². The zero-order valence-electron chi connectivity index (χ0n) is 19.3. The Labute approximate surface area is 199 Å². The van der Waals surface area contributed by atoms with E-state index in [1.807, 2.05) is 11.4 Å². The fraction of sp³-hybridized carbons (Fsp3) is 0.360. The summed E-state index contributed by atoms with van der Waals surface area (Å²) >= 11 is 1.36. The average molecular weight is 484 g/mol. The first-order valence-corrected chi connectivity index (χ1v) is 13.4. The van der Waals surface area contributed by atoms with E-state index in [-0.39, 0.29) is 10.8 Å². The Morgan fingerprint density at radius 2 is 1.70 bits per heavy atom. The molecule has 1 aliphatic rings. The number of carbonyl (C=O) groups is 1. The number of aryl methyl sites for hydroxylation is 2. The summed E-state index contributed by atoms with van der Waals surface area (Å²) in [5, 5.41) is 5.23. The zero-order chi connectivity index (χ0) is 23.8. The molecule has 1 aliphatic heterocycles. The summed E-state index contributed by atoms with van der Waals surface area (Å²) in [4.78, 5) is 17.5. The molecular weight excluding hydrogens is 454 g/mol. The predicted molar refractivity (Wildman–Crippen MR) is 133 cm³/mol. The third kappa shape index (κ3) is 5.18. The van der Waals surface area contributed by atoms with E-state index in [0.29, 0.717) is 35.6 Å². The van der Waals surface area contributed by atoms with Gasteiger partial charge in [0.05, 0.1) is 10.6 Å². The molecule has 1 saturated heterocycles. The van der Waals surface area contributed by atoms with Crippen LogP contribution in [0.25, 0.3) is 11.3 Å². The molecule has 2 atom stereocenters. The van der Waals surface area contributed by atoms with Gasteiger partial charge >= 0.3 is 0 Å². The SMILES string of the molecule is Cc1ccc(-c2csc(NC(=O)c3ccc(S(=O)(=O)N4CC(C)CC(C)C4)cc3)n2)cc1C. The molecule has 8 heteroatoms. The Balaban J connectivity index is 1.46. The van der Waals surface area contributed by atoms with E-state index in [4.69, 9.17) is 0 Å². The van der Waals surface area contributed by atoms with Crippen LogP contribution in [0.15, 0.2) is 52.7 Å². The summed E-state index contributed by atoms with van der Waals surface area (Å²) < 4.78 is 27.7. The van der Waals surface area contributed by atoms with Crippen molar-refractivity contribution in [3.05, 3.63) is 64.5 Å². The highest BCUT2D eigenvalue weighted by molar-refractivity contribution is 7.89. The number of aromatic nitrogens is 1. The molecule has 0 radical (unpaired) electrons. The lowest BCUT2D eigenvalue weighted by molar-refractivity contribution is 0.102. The van der Waals surface area contributed by atoms with Crippen LogP contribution in [0.5, 0.6) is 0 Å². The maximum Gasteiger partial charge on any atom is 0.257 e. The molecule has 1 aromatic heterocycles. The van der Waals surface area contributed by atoms with Crippen LogP contribution in [0, 0.1) is 25.7 Å². The average Bonchev–Trinajstić information content (AvgIpc) is 3.23. The molecule has 0 spiro atoms. The van der Waals surface area contributed by atoms with Crippen molar-refractivity contribution < 1.29 is 13.2 Å². The number of anilines is 1. The monoisotopic (exact) mass is 483 g/mol. The molecule has 0 aliphatic carbocycles. The van der Waals surface area contributed by atoms with Gasteiger partial charge in [0.1, 0.15) is 0 Å². The topological polar surface area (TPSA) is 79.4 Å². The molecule has 1 fully saturated rings. The molecule has 2 aromatic carbocycles. The van der Waals surface area contributed by atoms with E-state index >= 15 is 0 Å². The smallest absolute Gasteiger partial charge is 0.257 e. The Kier molecular flexibility index (Phi) is 6.70. The lowest BCUT2D eigenvalue weighted by Crippen LogP contribution is -2.42. The summed E-state index contributed by atoms with van der Waals surface area (Å²) in [5.41, 5.74) is 4.61. The fourth-order valence-electron chi connectivity index (χ4n) is 4.26. The van der Waals surface area contributed by atoms with Gasteiger partial charge in [0.2, 0.25) is 10.0 Å². The second-order valence-electron chi connectivity index (χ2n) is 9.08. The molecule has 2 unspecified atom stereocenters. The van der Waals surface area contributed by atoms with Crippen LogP contribution < -0.4 is 5.32 Å². The van der Waals surface area contributed by atoms with Gasteiger partial charge in [-0.2, -0.15) is 4.31 Å². The summed E-state index contributed by atoms with van der Waals surface area (Å²) in [7, 11) is -3.57. The Hall–Kier alpha value is -2.55. The number of nitrogens with one attached hydrogen (secondary N) is 1. The van der Waals surface area contributed by atoms with E-state index in [0.717, 1.165) is 17.7 Å². The summed E-state index contributed by atoms with van der Waals surface area (Å²) in [6.45, 7) is 9.34. The summed E-state index contributed by atoms with van der Waals surface area (Å²) in [6.07, 6.45) is 1.03. The van der Waals surface area contributed by atoms with Crippen LogP contribution in [0.1, 0.15) is 41.8 Å². The van der Waals surface area contributed by atoms with E-state index < -0.39 is 10.0 Å². The van der Waals surface area contributed by atoms with Crippen LogP contribution in [0.4, 0.5) is 5.13 Å². The molecule has 3 aromatic rings. The minimum absolute atomic E-state index is 0.214. The van der Waals surface area contributed by atoms with Crippen molar-refractivity contribution in [2.75, 3.05) is 18.4 Å². The first-order chi connectivity index (χ1) is 15.6. The zero-order valence-corrected chi connectivity index (χ0v) is 21.0. The Bertz CT molecular complexity index is 1260. The van der Waals surface area contributed by atoms with Gasteiger partial charge in [-0.15, -0.1) is 11.3 Å². The second kappa shape index (κ2) is 9.37. The number of hydrogen-bond acceptors (Lipinski definition) is 5. The molecule has 0 bridgehead atoms. The summed E-state index contributed by atoms with van der Waals surface area (Å²) in [5.74, 6) is 0.348. The third-order valence-electron chi connectivity index (χ3n) is 6.12. The van der Waals surface area contributed by atoms with Gasteiger partial charge in [-0.3, -0.25) is 10.1 Å². The van der Waals surface area contributed by atoms with Crippen molar-refractivity contribution >= 4 is 32.4 Å². The number of carbonyl (C=O) groups excluding carboxylic acids is 1. The van der Waals surface area contributed by atoms with Gasteiger partial charge in [0.15, 0.2) is 5.13 Å². The summed E-state index contributed by atoms with van der Waals surface area (Å²) in [6, 6.07) is 12.3. The van der Waals surface area contributed by atoms with Gasteiger partial charge in [-0.25, -0.2) is 13.4 Å². The number of rotatable bonds is 5. The van der Waals surface area contributed by atoms with E-state index in [1.165, 1.54) is 34.6 Å². The molecule has 0 saturated carbocycles. The lowest BCUT2D eigenvalue weighted by atomic mass is 9.94. The van der Waals surface area contributed by atoms with Crippen LogP contribution in [0.3, 0.4) is 0 Å². The Morgan fingerprint density at radius 3 is 2.33 bits per heavy atom. The molecule has 1 N–H and O–H groups in total. The first kappa shape index (κ1) is 23.6. The fourth-order valence-corrected chi connectivity index (χ4v) is 6.66. The van der Waals surface area contributed by atoms with Gasteiger partial charge in [-0.1, -0.05) is 26.0 Å². The quantitative estimate of drug-likeness (QED) is 0.531. The normalized spacial score (nSPS) is 19.4. The van der Waals surface area contributed by atoms with Crippen LogP contribution in [-0.4, -0.2) is 36.7 Å². The van der Waals surface area contributed by atoms with E-state index in [9.17, 15) is 13.2 Å². The minimum atomic E-state index is -3.57. The standard InChI is InChI=1S/C25H29N3O3S2/c1-16-11-17(2)14-28(13-16)33(30,31)22-9-7-20(8-10-22)24(29)27-25-26-23(15-32-25)21-6-5-18(3)19(4)12-21/h5-10,12,15-17H,11,13-14H2,1-4H3,(H,26,27,29). The molecule has 4 rings (SSSR count). The number of amides is 1. The Morgan fingerprint density at radius 1 is 1.03 bits per heavy atom. The van der Waals surface area contributed by atoms with Crippen molar-refractivity contribution in [1.82, 2.24) is 9.29 Å². The molecule has 1 amide bonds. The maximum absolute atomic E-state index is 13.0.